The lowest BCUT2D eigenvalue weighted by Crippen LogP contribution is -2.44. The Morgan fingerprint density at radius 3 is 3.11 bits per heavy atom. The quantitative estimate of drug-likeness (QED) is 0.834. The molecular weight excluding hydrogens is 272 g/mol. The van der Waals surface area contributed by atoms with Crippen molar-refractivity contribution in [3.8, 4) is 0 Å². The van der Waals surface area contributed by atoms with Crippen LogP contribution < -0.4 is 5.32 Å². The first-order valence-corrected chi connectivity index (χ1v) is 7.28. The van der Waals surface area contributed by atoms with E-state index in [1.165, 1.54) is 6.42 Å². The first kappa shape index (κ1) is 15.8. The van der Waals surface area contributed by atoms with Gasteiger partial charge in [0, 0.05) is 19.6 Å². The van der Waals surface area contributed by atoms with Gasteiger partial charge in [-0.3, -0.25) is 4.90 Å². The van der Waals surface area contributed by atoms with E-state index in [0.717, 1.165) is 42.9 Å². The Morgan fingerprint density at radius 1 is 1.56 bits per heavy atom. The molecule has 0 amide bonds. The minimum Gasteiger partial charge on any atom is -0.338 e. The van der Waals surface area contributed by atoms with E-state index in [1.807, 2.05) is 11.8 Å². The molecule has 0 spiro atoms. The molecule has 0 saturated carbocycles. The Bertz CT molecular complexity index is 350. The average molecular weight is 293 g/mol. The largest absolute Gasteiger partial charge is 0.338 e. The number of nitrogens with zero attached hydrogens (tertiary/aromatic N) is 3. The van der Waals surface area contributed by atoms with Crippen molar-refractivity contribution in [2.24, 2.45) is 0 Å². The van der Waals surface area contributed by atoms with E-state index in [0.29, 0.717) is 0 Å². The van der Waals surface area contributed by atoms with Crippen molar-refractivity contribution >= 4 is 24.2 Å². The van der Waals surface area contributed by atoms with Crippen molar-refractivity contribution in [2.75, 3.05) is 32.4 Å². The van der Waals surface area contributed by atoms with E-state index in [-0.39, 0.29) is 18.4 Å². The molecule has 0 bridgehead atoms. The molecule has 1 N–H and O–H groups in total. The second-order valence-electron chi connectivity index (χ2n) is 4.30. The highest BCUT2D eigenvalue weighted by Gasteiger charge is 2.24. The van der Waals surface area contributed by atoms with Gasteiger partial charge in [-0.1, -0.05) is 12.1 Å². The Morgan fingerprint density at radius 2 is 2.39 bits per heavy atom. The highest BCUT2D eigenvalue weighted by molar-refractivity contribution is 7.98. The average Bonchev–Trinajstić information content (AvgIpc) is 2.79. The van der Waals surface area contributed by atoms with E-state index in [2.05, 4.69) is 34.3 Å². The van der Waals surface area contributed by atoms with Crippen LogP contribution in [-0.2, 0) is 5.75 Å². The molecule has 1 aliphatic heterocycles. The molecule has 1 aromatic heterocycles. The third-order valence-electron chi connectivity index (χ3n) is 2.87. The highest BCUT2D eigenvalue weighted by Crippen LogP contribution is 2.19. The minimum absolute atomic E-state index is 0. The number of nitrogens with one attached hydrogen (secondary N) is 1. The summed E-state index contributed by atoms with van der Waals surface area (Å²) >= 11 is 1.84. The van der Waals surface area contributed by atoms with Gasteiger partial charge in [-0.15, -0.1) is 12.4 Å². The zero-order valence-corrected chi connectivity index (χ0v) is 12.5. The van der Waals surface area contributed by atoms with E-state index in [9.17, 15) is 0 Å². The van der Waals surface area contributed by atoms with Crippen LogP contribution in [0.25, 0.3) is 0 Å². The molecule has 1 atom stereocenters. The van der Waals surface area contributed by atoms with Crippen molar-refractivity contribution in [1.29, 1.82) is 0 Å². The van der Waals surface area contributed by atoms with Gasteiger partial charge in [0.2, 0.25) is 5.89 Å². The maximum atomic E-state index is 5.28. The van der Waals surface area contributed by atoms with E-state index >= 15 is 0 Å². The number of thioether (sulfide) groups is 1. The second kappa shape index (κ2) is 7.99. The predicted molar refractivity (Wildman–Crippen MR) is 76.2 cm³/mol. The summed E-state index contributed by atoms with van der Waals surface area (Å²) in [5.41, 5.74) is 0. The highest BCUT2D eigenvalue weighted by atomic mass is 35.5. The fourth-order valence-electron chi connectivity index (χ4n) is 1.86. The predicted octanol–water partition coefficient (Wildman–Crippen LogP) is 1.71. The summed E-state index contributed by atoms with van der Waals surface area (Å²) in [4.78, 5) is 6.74. The summed E-state index contributed by atoms with van der Waals surface area (Å²) in [5.74, 6) is 3.53. The van der Waals surface area contributed by atoms with E-state index in [4.69, 9.17) is 4.52 Å². The zero-order valence-electron chi connectivity index (χ0n) is 10.9. The number of hydrogen-bond acceptors (Lipinski definition) is 6. The third kappa shape index (κ3) is 4.12. The molecule has 2 heterocycles. The Hall–Kier alpha value is -0.300. The molecule has 7 heteroatoms. The van der Waals surface area contributed by atoms with Gasteiger partial charge >= 0.3 is 0 Å². The maximum absolute atomic E-state index is 5.28. The van der Waals surface area contributed by atoms with Crippen molar-refractivity contribution in [2.45, 2.75) is 25.1 Å². The molecular formula is C11H21ClN4OS. The van der Waals surface area contributed by atoms with Crippen LogP contribution in [0.5, 0.6) is 0 Å². The van der Waals surface area contributed by atoms with Gasteiger partial charge in [-0.2, -0.15) is 16.7 Å². The van der Waals surface area contributed by atoms with Gasteiger partial charge in [0.25, 0.3) is 0 Å². The number of halogens is 1. The van der Waals surface area contributed by atoms with Gasteiger partial charge in [-0.25, -0.2) is 0 Å². The van der Waals surface area contributed by atoms with Crippen molar-refractivity contribution in [3.05, 3.63) is 11.7 Å². The number of aromatic nitrogens is 2. The summed E-state index contributed by atoms with van der Waals surface area (Å²) in [6.07, 6.45) is 1.18. The SMILES string of the molecule is CCCSCc1nc(C2CNCCN2C)no1.Cl. The van der Waals surface area contributed by atoms with Crippen LogP contribution in [0.4, 0.5) is 0 Å². The molecule has 5 nitrogen and oxygen atoms in total. The van der Waals surface area contributed by atoms with Gasteiger partial charge < -0.3 is 9.84 Å². The molecule has 0 aromatic carbocycles. The molecule has 18 heavy (non-hydrogen) atoms. The minimum atomic E-state index is 0. The lowest BCUT2D eigenvalue weighted by Gasteiger charge is -2.30. The molecule has 1 fully saturated rings. The molecule has 1 unspecified atom stereocenters. The lowest BCUT2D eigenvalue weighted by molar-refractivity contribution is 0.190. The number of rotatable bonds is 5. The summed E-state index contributed by atoms with van der Waals surface area (Å²) in [6.45, 7) is 5.13. The monoisotopic (exact) mass is 292 g/mol. The summed E-state index contributed by atoms with van der Waals surface area (Å²) < 4.78 is 5.28. The van der Waals surface area contributed by atoms with Gasteiger partial charge in [0.05, 0.1) is 11.8 Å². The van der Waals surface area contributed by atoms with Crippen LogP contribution >= 0.6 is 24.2 Å². The Labute approximate surface area is 118 Å². The Balaban J connectivity index is 0.00000162. The van der Waals surface area contributed by atoms with Gasteiger partial charge in [0.15, 0.2) is 5.82 Å². The van der Waals surface area contributed by atoms with Crippen molar-refractivity contribution in [3.63, 3.8) is 0 Å². The Kier molecular flexibility index (Phi) is 6.99. The maximum Gasteiger partial charge on any atom is 0.236 e. The standard InChI is InChI=1S/C11H20N4OS.ClH/c1-3-6-17-8-10-13-11(14-16-10)9-7-12-4-5-15(9)2;/h9,12H,3-8H2,1-2H3;1H. The smallest absolute Gasteiger partial charge is 0.236 e. The molecule has 1 aliphatic rings. The summed E-state index contributed by atoms with van der Waals surface area (Å²) in [6, 6.07) is 0.248. The molecule has 1 saturated heterocycles. The molecule has 104 valence electrons. The molecule has 2 rings (SSSR count). The number of hydrogen-bond donors (Lipinski definition) is 1. The van der Waals surface area contributed by atoms with E-state index < -0.39 is 0 Å². The van der Waals surface area contributed by atoms with Crippen LogP contribution in [0.15, 0.2) is 4.52 Å². The normalized spacial score (nSPS) is 20.7. The third-order valence-corrected chi connectivity index (χ3v) is 4.01. The summed E-state index contributed by atoms with van der Waals surface area (Å²) in [5, 5.41) is 7.44. The second-order valence-corrected chi connectivity index (χ2v) is 5.40. The van der Waals surface area contributed by atoms with Gasteiger partial charge in [-0.05, 0) is 19.2 Å². The van der Waals surface area contributed by atoms with Crippen LogP contribution in [-0.4, -0.2) is 47.5 Å². The van der Waals surface area contributed by atoms with E-state index in [1.54, 1.807) is 0 Å². The van der Waals surface area contributed by atoms with Crippen molar-refractivity contribution < 1.29 is 4.52 Å². The first-order chi connectivity index (χ1) is 8.31. The van der Waals surface area contributed by atoms with Crippen LogP contribution in [0.3, 0.4) is 0 Å². The molecule has 0 radical (unpaired) electrons. The van der Waals surface area contributed by atoms with Crippen LogP contribution in [0, 0.1) is 0 Å². The number of likely N-dealkylation sites (N-methyl/N-ethyl adjacent to an activating group) is 1. The lowest BCUT2D eigenvalue weighted by atomic mass is 10.2. The zero-order chi connectivity index (χ0) is 12.1. The fraction of sp³-hybridized carbons (Fsp3) is 0.818. The topological polar surface area (TPSA) is 54.2 Å². The van der Waals surface area contributed by atoms with Crippen LogP contribution in [0.2, 0.25) is 0 Å². The fourth-order valence-corrected chi connectivity index (χ4v) is 2.58. The van der Waals surface area contributed by atoms with Crippen molar-refractivity contribution in [1.82, 2.24) is 20.4 Å². The molecule has 0 aliphatic carbocycles. The number of piperazine rings is 1. The summed E-state index contributed by atoms with van der Waals surface area (Å²) in [7, 11) is 2.10. The van der Waals surface area contributed by atoms with Gasteiger partial charge in [0.1, 0.15) is 0 Å². The molecule has 1 aromatic rings. The van der Waals surface area contributed by atoms with Crippen LogP contribution in [0.1, 0.15) is 31.1 Å². The first-order valence-electron chi connectivity index (χ1n) is 6.12.